The van der Waals surface area contributed by atoms with Crippen LogP contribution < -0.4 is 9.62 Å². The molecule has 0 aliphatic carbocycles. The van der Waals surface area contributed by atoms with Crippen molar-refractivity contribution in [2.45, 2.75) is 4.90 Å². The van der Waals surface area contributed by atoms with E-state index in [1.807, 2.05) is 0 Å². The summed E-state index contributed by atoms with van der Waals surface area (Å²) >= 11 is 0. The van der Waals surface area contributed by atoms with Gasteiger partial charge in [0.1, 0.15) is 10.7 Å². The number of halogens is 1. The number of sulfonamides is 1. The Balaban J connectivity index is 2.27. The first kappa shape index (κ1) is 14.2. The Morgan fingerprint density at radius 1 is 1.15 bits per heavy atom. The maximum absolute atomic E-state index is 13.5. The van der Waals surface area contributed by atoms with Crippen LogP contribution in [0.15, 0.2) is 41.6 Å². The molecule has 0 radical (unpaired) electrons. The summed E-state index contributed by atoms with van der Waals surface area (Å²) in [5, 5.41) is 0. The number of nitrogens with zero attached hydrogens (tertiary/aromatic N) is 3. The van der Waals surface area contributed by atoms with Gasteiger partial charge in [0.05, 0.1) is 18.1 Å². The van der Waals surface area contributed by atoms with Crippen LogP contribution in [0.4, 0.5) is 16.0 Å². The lowest BCUT2D eigenvalue weighted by molar-refractivity contribution is 0.570. The molecule has 0 unspecified atom stereocenters. The van der Waals surface area contributed by atoms with Crippen LogP contribution in [0.25, 0.3) is 0 Å². The molecule has 0 fully saturated rings. The SMILES string of the molecule is CN(C)c1ncc(NS(=O)(=O)c2ccccc2F)cn1. The summed E-state index contributed by atoms with van der Waals surface area (Å²) in [7, 11) is -0.471. The average molecular weight is 296 g/mol. The summed E-state index contributed by atoms with van der Waals surface area (Å²) in [5.74, 6) is -0.371. The molecule has 0 bridgehead atoms. The van der Waals surface area contributed by atoms with E-state index in [-0.39, 0.29) is 5.69 Å². The Morgan fingerprint density at radius 2 is 1.75 bits per heavy atom. The quantitative estimate of drug-likeness (QED) is 0.925. The van der Waals surface area contributed by atoms with Gasteiger partial charge in [0, 0.05) is 14.1 Å². The van der Waals surface area contributed by atoms with Crippen LogP contribution >= 0.6 is 0 Å². The number of nitrogens with one attached hydrogen (secondary N) is 1. The zero-order valence-electron chi connectivity index (χ0n) is 10.9. The second kappa shape index (κ2) is 5.41. The van der Waals surface area contributed by atoms with Crippen LogP contribution in [-0.2, 0) is 10.0 Å². The summed E-state index contributed by atoms with van der Waals surface area (Å²) in [5.41, 5.74) is 0.166. The average Bonchev–Trinajstić information content (AvgIpc) is 2.39. The van der Waals surface area contributed by atoms with Gasteiger partial charge in [0.2, 0.25) is 5.95 Å². The van der Waals surface area contributed by atoms with E-state index in [4.69, 9.17) is 0 Å². The zero-order chi connectivity index (χ0) is 14.8. The lowest BCUT2D eigenvalue weighted by atomic mass is 10.4. The highest BCUT2D eigenvalue weighted by atomic mass is 32.2. The molecule has 0 saturated heterocycles. The van der Waals surface area contributed by atoms with Gasteiger partial charge in [-0.2, -0.15) is 0 Å². The van der Waals surface area contributed by atoms with Crippen LogP contribution in [0.1, 0.15) is 0 Å². The Labute approximate surface area is 116 Å². The number of hydrogen-bond acceptors (Lipinski definition) is 5. The molecule has 2 rings (SSSR count). The minimum absolute atomic E-state index is 0.166. The molecule has 0 aliphatic heterocycles. The monoisotopic (exact) mass is 296 g/mol. The fourth-order valence-electron chi connectivity index (χ4n) is 1.48. The summed E-state index contributed by atoms with van der Waals surface area (Å²) in [6.07, 6.45) is 2.64. The number of aromatic nitrogens is 2. The highest BCUT2D eigenvalue weighted by Gasteiger charge is 2.18. The van der Waals surface area contributed by atoms with Crippen molar-refractivity contribution >= 4 is 21.7 Å². The summed E-state index contributed by atoms with van der Waals surface area (Å²) < 4.78 is 39.8. The van der Waals surface area contributed by atoms with E-state index in [1.54, 1.807) is 19.0 Å². The number of anilines is 2. The Hall–Kier alpha value is -2.22. The van der Waals surface area contributed by atoms with E-state index in [1.165, 1.54) is 30.6 Å². The summed E-state index contributed by atoms with van der Waals surface area (Å²) in [6, 6.07) is 5.14. The molecule has 1 aromatic carbocycles. The van der Waals surface area contributed by atoms with E-state index in [2.05, 4.69) is 14.7 Å². The smallest absolute Gasteiger partial charge is 0.264 e. The third-order valence-corrected chi connectivity index (χ3v) is 3.83. The summed E-state index contributed by atoms with van der Waals surface area (Å²) in [4.78, 5) is 9.20. The number of rotatable bonds is 4. The van der Waals surface area contributed by atoms with Crippen molar-refractivity contribution in [3.05, 3.63) is 42.5 Å². The molecule has 0 spiro atoms. The molecule has 0 atom stereocenters. The van der Waals surface area contributed by atoms with Gasteiger partial charge in [-0.25, -0.2) is 22.8 Å². The molecule has 20 heavy (non-hydrogen) atoms. The van der Waals surface area contributed by atoms with Gasteiger partial charge in [-0.3, -0.25) is 4.72 Å². The van der Waals surface area contributed by atoms with Gasteiger partial charge in [-0.15, -0.1) is 0 Å². The minimum Gasteiger partial charge on any atom is -0.347 e. The van der Waals surface area contributed by atoms with Crippen LogP contribution in [0, 0.1) is 5.82 Å². The first-order valence-electron chi connectivity index (χ1n) is 5.67. The fraction of sp³-hybridized carbons (Fsp3) is 0.167. The maximum atomic E-state index is 13.5. The van der Waals surface area contributed by atoms with Crippen LogP contribution in [0.3, 0.4) is 0 Å². The lowest BCUT2D eigenvalue weighted by Crippen LogP contribution is -2.16. The Bertz CT molecular complexity index is 702. The van der Waals surface area contributed by atoms with E-state index in [0.717, 1.165) is 6.07 Å². The van der Waals surface area contributed by atoms with Crippen LogP contribution in [-0.4, -0.2) is 32.5 Å². The van der Waals surface area contributed by atoms with Crippen molar-refractivity contribution in [3.63, 3.8) is 0 Å². The van der Waals surface area contributed by atoms with Crippen molar-refractivity contribution in [1.82, 2.24) is 9.97 Å². The van der Waals surface area contributed by atoms with Gasteiger partial charge in [-0.1, -0.05) is 12.1 Å². The highest BCUT2D eigenvalue weighted by molar-refractivity contribution is 7.92. The van der Waals surface area contributed by atoms with Gasteiger partial charge in [-0.05, 0) is 12.1 Å². The molecule has 1 aromatic heterocycles. The molecule has 1 heterocycles. The fourth-order valence-corrected chi connectivity index (χ4v) is 2.59. The topological polar surface area (TPSA) is 75.2 Å². The third kappa shape index (κ3) is 3.02. The van der Waals surface area contributed by atoms with E-state index in [0.29, 0.717) is 5.95 Å². The second-order valence-electron chi connectivity index (χ2n) is 4.20. The normalized spacial score (nSPS) is 11.2. The molecule has 0 saturated carbocycles. The molecule has 6 nitrogen and oxygen atoms in total. The Kier molecular flexibility index (Phi) is 3.84. The second-order valence-corrected chi connectivity index (χ2v) is 5.85. The largest absolute Gasteiger partial charge is 0.347 e. The van der Waals surface area contributed by atoms with Gasteiger partial charge in [0.15, 0.2) is 0 Å². The number of benzene rings is 1. The zero-order valence-corrected chi connectivity index (χ0v) is 11.7. The van der Waals surface area contributed by atoms with Gasteiger partial charge in [0.25, 0.3) is 10.0 Å². The maximum Gasteiger partial charge on any atom is 0.264 e. The Morgan fingerprint density at radius 3 is 2.30 bits per heavy atom. The van der Waals surface area contributed by atoms with Crippen LogP contribution in [0.2, 0.25) is 0 Å². The molecule has 0 aliphatic rings. The molecular weight excluding hydrogens is 283 g/mol. The van der Waals surface area contributed by atoms with E-state index in [9.17, 15) is 12.8 Å². The molecule has 1 N–H and O–H groups in total. The minimum atomic E-state index is -4.00. The van der Waals surface area contributed by atoms with E-state index >= 15 is 0 Å². The van der Waals surface area contributed by atoms with Gasteiger partial charge >= 0.3 is 0 Å². The first-order chi connectivity index (χ1) is 9.40. The first-order valence-corrected chi connectivity index (χ1v) is 7.15. The van der Waals surface area contributed by atoms with Crippen molar-refractivity contribution in [2.75, 3.05) is 23.7 Å². The molecular formula is C12H13FN4O2S. The predicted octanol–water partition coefficient (Wildman–Crippen LogP) is 1.48. The standard InChI is InChI=1S/C12H13FN4O2S/c1-17(2)12-14-7-9(8-15-12)16-20(18,19)11-6-4-3-5-10(11)13/h3-8,16H,1-2H3. The van der Waals surface area contributed by atoms with E-state index < -0.39 is 20.7 Å². The molecule has 106 valence electrons. The van der Waals surface area contributed by atoms with Crippen LogP contribution in [0.5, 0.6) is 0 Å². The lowest BCUT2D eigenvalue weighted by Gasteiger charge is -2.11. The number of hydrogen-bond donors (Lipinski definition) is 1. The predicted molar refractivity (Wildman–Crippen MR) is 73.6 cm³/mol. The van der Waals surface area contributed by atoms with Crippen molar-refractivity contribution < 1.29 is 12.8 Å². The van der Waals surface area contributed by atoms with Gasteiger partial charge < -0.3 is 4.90 Å². The van der Waals surface area contributed by atoms with Crippen molar-refractivity contribution in [3.8, 4) is 0 Å². The molecule has 2 aromatic rings. The third-order valence-electron chi connectivity index (χ3n) is 2.42. The molecule has 8 heteroatoms. The van der Waals surface area contributed by atoms with Crippen molar-refractivity contribution in [2.24, 2.45) is 0 Å². The highest BCUT2D eigenvalue weighted by Crippen LogP contribution is 2.18. The van der Waals surface area contributed by atoms with Crippen molar-refractivity contribution in [1.29, 1.82) is 0 Å². The summed E-state index contributed by atoms with van der Waals surface area (Å²) in [6.45, 7) is 0. The molecule has 0 amide bonds.